The van der Waals surface area contributed by atoms with Crippen LogP contribution in [0.3, 0.4) is 0 Å². The van der Waals surface area contributed by atoms with Crippen molar-refractivity contribution in [1.29, 1.82) is 0 Å². The average molecular weight is 301 g/mol. The lowest BCUT2D eigenvalue weighted by molar-refractivity contribution is 0.0696. The van der Waals surface area contributed by atoms with E-state index in [1.807, 2.05) is 12.1 Å². The van der Waals surface area contributed by atoms with Crippen LogP contribution in [0.15, 0.2) is 24.3 Å². The van der Waals surface area contributed by atoms with Crippen molar-refractivity contribution in [3.8, 4) is 0 Å². The molecule has 1 aliphatic heterocycles. The molecule has 1 aromatic carbocycles. The molecule has 0 amide bonds. The summed E-state index contributed by atoms with van der Waals surface area (Å²) in [5.74, 6) is 0.138. The van der Waals surface area contributed by atoms with Crippen molar-refractivity contribution in [1.82, 2.24) is 4.90 Å². The van der Waals surface area contributed by atoms with Crippen LogP contribution in [0.2, 0.25) is 0 Å². The van der Waals surface area contributed by atoms with Gasteiger partial charge in [0.25, 0.3) is 0 Å². The van der Waals surface area contributed by atoms with Crippen molar-refractivity contribution < 1.29 is 9.90 Å². The van der Waals surface area contributed by atoms with Crippen LogP contribution in [0.5, 0.6) is 0 Å². The van der Waals surface area contributed by atoms with Crippen molar-refractivity contribution in [2.45, 2.75) is 64.0 Å². The summed E-state index contributed by atoms with van der Waals surface area (Å²) in [5.41, 5.74) is 1.53. The Morgan fingerprint density at radius 1 is 1.14 bits per heavy atom. The van der Waals surface area contributed by atoms with Gasteiger partial charge in [0.1, 0.15) is 0 Å². The first-order valence-electron chi connectivity index (χ1n) is 8.78. The second-order valence-corrected chi connectivity index (χ2v) is 7.00. The van der Waals surface area contributed by atoms with Crippen molar-refractivity contribution in [2.24, 2.45) is 5.92 Å². The summed E-state index contributed by atoms with van der Waals surface area (Å²) in [6, 6.07) is 8.12. The van der Waals surface area contributed by atoms with Crippen molar-refractivity contribution in [3.05, 3.63) is 35.4 Å². The summed E-state index contributed by atoms with van der Waals surface area (Å²) in [6.45, 7) is 2.06. The van der Waals surface area contributed by atoms with Gasteiger partial charge in [-0.2, -0.15) is 0 Å². The van der Waals surface area contributed by atoms with Gasteiger partial charge in [-0.1, -0.05) is 37.8 Å². The molecule has 0 bridgehead atoms. The standard InChI is InChI=1S/C19H27NO2/c21-19(22)17-8-3-7-16(13-17)14-20-12-4-9-18(20)11-10-15-5-1-2-6-15/h3,7-8,13,15,18H,1-2,4-6,9-12,14H2,(H,21,22). The summed E-state index contributed by atoms with van der Waals surface area (Å²) in [7, 11) is 0. The lowest BCUT2D eigenvalue weighted by Gasteiger charge is -2.25. The van der Waals surface area contributed by atoms with Gasteiger partial charge in [-0.05, 0) is 55.8 Å². The van der Waals surface area contributed by atoms with Crippen LogP contribution in [0.25, 0.3) is 0 Å². The Kier molecular flexibility index (Phi) is 5.14. The highest BCUT2D eigenvalue weighted by Gasteiger charge is 2.26. The lowest BCUT2D eigenvalue weighted by atomic mass is 9.97. The number of likely N-dealkylation sites (tertiary alicyclic amines) is 1. The zero-order chi connectivity index (χ0) is 15.4. The topological polar surface area (TPSA) is 40.5 Å². The number of rotatable bonds is 6. The number of hydrogen-bond donors (Lipinski definition) is 1. The third-order valence-corrected chi connectivity index (χ3v) is 5.44. The molecule has 3 heteroatoms. The number of carbonyl (C=O) groups is 1. The Labute approximate surface area is 133 Å². The van der Waals surface area contributed by atoms with Crippen molar-refractivity contribution in [3.63, 3.8) is 0 Å². The Balaban J connectivity index is 1.56. The normalized spacial score (nSPS) is 23.2. The van der Waals surface area contributed by atoms with Gasteiger partial charge in [0.05, 0.1) is 5.56 Å². The number of carboxylic acid groups (broad SMARTS) is 1. The Morgan fingerprint density at radius 2 is 1.95 bits per heavy atom. The summed E-state index contributed by atoms with van der Waals surface area (Å²) in [5, 5.41) is 9.11. The maximum atomic E-state index is 11.1. The van der Waals surface area contributed by atoms with E-state index < -0.39 is 5.97 Å². The van der Waals surface area contributed by atoms with Gasteiger partial charge in [0.15, 0.2) is 0 Å². The smallest absolute Gasteiger partial charge is 0.335 e. The lowest BCUT2D eigenvalue weighted by Crippen LogP contribution is -2.29. The van der Waals surface area contributed by atoms with E-state index in [9.17, 15) is 4.79 Å². The van der Waals surface area contributed by atoms with Crippen LogP contribution < -0.4 is 0 Å². The number of benzene rings is 1. The zero-order valence-corrected chi connectivity index (χ0v) is 13.3. The molecule has 0 spiro atoms. The van der Waals surface area contributed by atoms with Crippen LogP contribution in [0.1, 0.15) is 67.3 Å². The van der Waals surface area contributed by atoms with Crippen molar-refractivity contribution in [2.75, 3.05) is 6.54 Å². The van der Waals surface area contributed by atoms with Gasteiger partial charge in [-0.25, -0.2) is 4.79 Å². The maximum Gasteiger partial charge on any atom is 0.335 e. The molecule has 1 saturated heterocycles. The van der Waals surface area contributed by atoms with E-state index in [4.69, 9.17) is 5.11 Å². The van der Waals surface area contributed by atoms with Crippen LogP contribution in [-0.4, -0.2) is 28.6 Å². The SMILES string of the molecule is O=C(O)c1cccc(CN2CCCC2CCC2CCCC2)c1. The second-order valence-electron chi connectivity index (χ2n) is 7.00. The van der Waals surface area contributed by atoms with E-state index in [0.29, 0.717) is 11.6 Å². The van der Waals surface area contributed by atoms with Crippen LogP contribution >= 0.6 is 0 Å². The molecule has 0 aromatic heterocycles. The first-order chi connectivity index (χ1) is 10.7. The minimum absolute atomic E-state index is 0.402. The Morgan fingerprint density at radius 3 is 2.73 bits per heavy atom. The number of aromatic carboxylic acids is 1. The van der Waals surface area contributed by atoms with Crippen LogP contribution in [-0.2, 0) is 6.54 Å². The van der Waals surface area contributed by atoms with Gasteiger partial charge < -0.3 is 5.11 Å². The second kappa shape index (κ2) is 7.28. The fourth-order valence-corrected chi connectivity index (χ4v) is 4.19. The predicted octanol–water partition coefficient (Wildman–Crippen LogP) is 4.32. The molecule has 1 unspecified atom stereocenters. The molecule has 2 aliphatic rings. The molecule has 2 fully saturated rings. The van der Waals surface area contributed by atoms with E-state index >= 15 is 0 Å². The van der Waals surface area contributed by atoms with E-state index in [1.165, 1.54) is 51.4 Å². The highest BCUT2D eigenvalue weighted by molar-refractivity contribution is 5.87. The van der Waals surface area contributed by atoms with Gasteiger partial charge >= 0.3 is 5.97 Å². The van der Waals surface area contributed by atoms with Crippen molar-refractivity contribution >= 4 is 5.97 Å². The average Bonchev–Trinajstić information content (AvgIpc) is 3.17. The number of carboxylic acids is 1. The molecule has 1 saturated carbocycles. The zero-order valence-electron chi connectivity index (χ0n) is 13.3. The van der Waals surface area contributed by atoms with E-state index in [1.54, 1.807) is 6.07 Å². The summed E-state index contributed by atoms with van der Waals surface area (Å²) < 4.78 is 0. The van der Waals surface area contributed by atoms with Gasteiger partial charge in [-0.15, -0.1) is 0 Å². The first-order valence-corrected chi connectivity index (χ1v) is 8.78. The number of nitrogens with zero attached hydrogens (tertiary/aromatic N) is 1. The predicted molar refractivity (Wildman–Crippen MR) is 88.0 cm³/mol. The Bertz CT molecular complexity index is 508. The summed E-state index contributed by atoms with van der Waals surface area (Å²) in [4.78, 5) is 13.7. The molecule has 1 aromatic rings. The minimum Gasteiger partial charge on any atom is -0.478 e. The van der Waals surface area contributed by atoms with E-state index in [-0.39, 0.29) is 0 Å². The maximum absolute atomic E-state index is 11.1. The van der Waals surface area contributed by atoms with Gasteiger partial charge in [0, 0.05) is 12.6 Å². The fraction of sp³-hybridized carbons (Fsp3) is 0.632. The molecular weight excluding hydrogens is 274 g/mol. The Hall–Kier alpha value is -1.35. The minimum atomic E-state index is -0.832. The largest absolute Gasteiger partial charge is 0.478 e. The molecule has 120 valence electrons. The third-order valence-electron chi connectivity index (χ3n) is 5.44. The number of hydrogen-bond acceptors (Lipinski definition) is 2. The van der Waals surface area contributed by atoms with Gasteiger partial charge in [0.2, 0.25) is 0 Å². The third kappa shape index (κ3) is 3.89. The molecule has 1 heterocycles. The fourth-order valence-electron chi connectivity index (χ4n) is 4.19. The molecule has 3 rings (SSSR count). The van der Waals surface area contributed by atoms with Crippen LogP contribution in [0, 0.1) is 5.92 Å². The summed E-state index contributed by atoms with van der Waals surface area (Å²) >= 11 is 0. The quantitative estimate of drug-likeness (QED) is 0.850. The van der Waals surface area contributed by atoms with E-state index in [2.05, 4.69) is 11.0 Å². The molecule has 3 nitrogen and oxygen atoms in total. The summed E-state index contributed by atoms with van der Waals surface area (Å²) in [6.07, 6.45) is 11.0. The van der Waals surface area contributed by atoms with Crippen LogP contribution in [0.4, 0.5) is 0 Å². The molecule has 22 heavy (non-hydrogen) atoms. The molecule has 1 aliphatic carbocycles. The molecular formula is C19H27NO2. The molecule has 0 radical (unpaired) electrons. The van der Waals surface area contributed by atoms with Gasteiger partial charge in [-0.3, -0.25) is 4.90 Å². The first kappa shape index (κ1) is 15.5. The molecule has 1 atom stereocenters. The highest BCUT2D eigenvalue weighted by atomic mass is 16.4. The molecule has 1 N–H and O–H groups in total. The van der Waals surface area contributed by atoms with E-state index in [0.717, 1.165) is 24.6 Å². The highest BCUT2D eigenvalue weighted by Crippen LogP contribution is 2.32. The monoisotopic (exact) mass is 301 g/mol.